The number of furan rings is 1. The number of hydrogen-bond acceptors (Lipinski definition) is 4. The summed E-state index contributed by atoms with van der Waals surface area (Å²) in [6.07, 6.45) is 0.809. The fraction of sp³-hybridized carbons (Fsp3) is 0.500. The van der Waals surface area contributed by atoms with Crippen molar-refractivity contribution >= 4 is 5.97 Å². The molecule has 0 amide bonds. The summed E-state index contributed by atoms with van der Waals surface area (Å²) in [4.78, 5) is 10.5. The van der Waals surface area contributed by atoms with E-state index in [0.29, 0.717) is 12.3 Å². The van der Waals surface area contributed by atoms with Gasteiger partial charge in [-0.1, -0.05) is 6.92 Å². The zero-order chi connectivity index (χ0) is 11.3. The molecule has 0 aromatic carbocycles. The summed E-state index contributed by atoms with van der Waals surface area (Å²) in [5.41, 5.74) is 0. The van der Waals surface area contributed by atoms with Gasteiger partial charge in [-0.3, -0.25) is 0 Å². The number of aromatic carboxylic acids is 1. The average Bonchev–Trinajstić information content (AvgIpc) is 2.68. The van der Waals surface area contributed by atoms with Crippen molar-refractivity contribution in [3.63, 3.8) is 0 Å². The highest BCUT2D eigenvalue weighted by molar-refractivity contribution is 5.84. The summed E-state index contributed by atoms with van der Waals surface area (Å²) in [5.74, 6) is -0.585. The predicted molar refractivity (Wildman–Crippen MR) is 53.7 cm³/mol. The van der Waals surface area contributed by atoms with Gasteiger partial charge in [-0.25, -0.2) is 4.79 Å². The van der Waals surface area contributed by atoms with Gasteiger partial charge in [-0.2, -0.15) is 0 Å². The second kappa shape index (κ2) is 5.53. The van der Waals surface area contributed by atoms with Crippen molar-refractivity contribution < 1.29 is 19.4 Å². The van der Waals surface area contributed by atoms with Crippen LogP contribution in [0.15, 0.2) is 16.5 Å². The third-order valence-electron chi connectivity index (χ3n) is 2.15. The highest BCUT2D eigenvalue weighted by Crippen LogP contribution is 2.07. The van der Waals surface area contributed by atoms with Crippen LogP contribution in [-0.2, 0) is 6.54 Å². The van der Waals surface area contributed by atoms with E-state index in [4.69, 9.17) is 14.6 Å². The normalized spacial score (nSPS) is 12.7. The molecule has 1 aromatic heterocycles. The molecule has 0 spiro atoms. The molecule has 84 valence electrons. The van der Waals surface area contributed by atoms with Crippen molar-refractivity contribution in [2.24, 2.45) is 0 Å². The van der Waals surface area contributed by atoms with Crippen molar-refractivity contribution in [2.45, 2.75) is 25.9 Å². The summed E-state index contributed by atoms with van der Waals surface area (Å²) < 4.78 is 5.04. The Hall–Kier alpha value is -1.33. The first-order valence-corrected chi connectivity index (χ1v) is 4.83. The standard InChI is InChI=1S/C10H15NO4/c1-2-7(6-12)11-5-8-3-4-9(15-8)10(13)14/h3-4,7,11-12H,2,5-6H2,1H3,(H,13,14). The van der Waals surface area contributed by atoms with Gasteiger partial charge in [0.25, 0.3) is 0 Å². The van der Waals surface area contributed by atoms with E-state index in [2.05, 4.69) is 5.32 Å². The molecule has 5 nitrogen and oxygen atoms in total. The molecule has 1 atom stereocenters. The minimum Gasteiger partial charge on any atom is -0.475 e. The Labute approximate surface area is 87.7 Å². The van der Waals surface area contributed by atoms with Gasteiger partial charge in [0.15, 0.2) is 0 Å². The van der Waals surface area contributed by atoms with Crippen LogP contribution in [0.25, 0.3) is 0 Å². The lowest BCUT2D eigenvalue weighted by molar-refractivity contribution is 0.0660. The summed E-state index contributed by atoms with van der Waals surface area (Å²) in [6, 6.07) is 3.04. The van der Waals surface area contributed by atoms with Gasteiger partial charge in [-0.15, -0.1) is 0 Å². The topological polar surface area (TPSA) is 82.7 Å². The molecule has 0 saturated carbocycles. The van der Waals surface area contributed by atoms with Gasteiger partial charge >= 0.3 is 5.97 Å². The zero-order valence-electron chi connectivity index (χ0n) is 8.56. The minimum atomic E-state index is -1.07. The van der Waals surface area contributed by atoms with Gasteiger partial charge in [0.1, 0.15) is 5.76 Å². The molecular formula is C10H15NO4. The van der Waals surface area contributed by atoms with E-state index in [1.165, 1.54) is 6.07 Å². The lowest BCUT2D eigenvalue weighted by Gasteiger charge is -2.12. The Balaban J connectivity index is 2.47. The highest BCUT2D eigenvalue weighted by atomic mass is 16.4. The zero-order valence-corrected chi connectivity index (χ0v) is 8.56. The third kappa shape index (κ3) is 3.38. The van der Waals surface area contributed by atoms with Crippen molar-refractivity contribution in [3.05, 3.63) is 23.7 Å². The number of aliphatic hydroxyl groups is 1. The maximum absolute atomic E-state index is 10.5. The summed E-state index contributed by atoms with van der Waals surface area (Å²) >= 11 is 0. The molecule has 0 bridgehead atoms. The highest BCUT2D eigenvalue weighted by Gasteiger charge is 2.10. The van der Waals surface area contributed by atoms with Gasteiger partial charge in [0, 0.05) is 6.04 Å². The van der Waals surface area contributed by atoms with E-state index < -0.39 is 5.97 Å². The molecule has 1 heterocycles. The van der Waals surface area contributed by atoms with Crippen molar-refractivity contribution in [3.8, 4) is 0 Å². The number of carbonyl (C=O) groups is 1. The molecule has 1 rings (SSSR count). The molecule has 0 aliphatic heterocycles. The molecule has 0 radical (unpaired) electrons. The van der Waals surface area contributed by atoms with Crippen LogP contribution in [0.4, 0.5) is 0 Å². The van der Waals surface area contributed by atoms with Gasteiger partial charge in [0.2, 0.25) is 5.76 Å². The maximum atomic E-state index is 10.5. The third-order valence-corrected chi connectivity index (χ3v) is 2.15. The van der Waals surface area contributed by atoms with Crippen molar-refractivity contribution in [1.29, 1.82) is 0 Å². The quantitative estimate of drug-likeness (QED) is 0.652. The monoisotopic (exact) mass is 213 g/mol. The van der Waals surface area contributed by atoms with Crippen LogP contribution in [0.5, 0.6) is 0 Å². The van der Waals surface area contributed by atoms with E-state index in [-0.39, 0.29) is 18.4 Å². The van der Waals surface area contributed by atoms with Crippen LogP contribution in [-0.4, -0.2) is 28.8 Å². The van der Waals surface area contributed by atoms with E-state index in [1.54, 1.807) is 6.07 Å². The second-order valence-electron chi connectivity index (χ2n) is 3.24. The van der Waals surface area contributed by atoms with Crippen LogP contribution in [0.1, 0.15) is 29.7 Å². The van der Waals surface area contributed by atoms with Crippen LogP contribution in [0, 0.1) is 0 Å². The van der Waals surface area contributed by atoms with Crippen LogP contribution in [0.2, 0.25) is 0 Å². The summed E-state index contributed by atoms with van der Waals surface area (Å²) in [5, 5.41) is 20.6. The van der Waals surface area contributed by atoms with E-state index in [9.17, 15) is 4.79 Å². The van der Waals surface area contributed by atoms with Crippen LogP contribution >= 0.6 is 0 Å². The van der Waals surface area contributed by atoms with E-state index in [0.717, 1.165) is 6.42 Å². The Morgan fingerprint density at radius 1 is 1.60 bits per heavy atom. The predicted octanol–water partition coefficient (Wildman–Crippen LogP) is 0.838. The molecule has 0 aliphatic carbocycles. The second-order valence-corrected chi connectivity index (χ2v) is 3.24. The van der Waals surface area contributed by atoms with Gasteiger partial charge in [0.05, 0.1) is 13.2 Å². The molecule has 1 aromatic rings. The molecule has 1 unspecified atom stereocenters. The number of hydrogen-bond donors (Lipinski definition) is 3. The lowest BCUT2D eigenvalue weighted by atomic mass is 10.2. The van der Waals surface area contributed by atoms with E-state index >= 15 is 0 Å². The molecule has 15 heavy (non-hydrogen) atoms. The SMILES string of the molecule is CCC(CO)NCc1ccc(C(=O)O)o1. The first-order valence-electron chi connectivity index (χ1n) is 4.83. The number of rotatable bonds is 6. The lowest BCUT2D eigenvalue weighted by Crippen LogP contribution is -2.30. The van der Waals surface area contributed by atoms with Crippen LogP contribution < -0.4 is 5.32 Å². The number of nitrogens with one attached hydrogen (secondary N) is 1. The summed E-state index contributed by atoms with van der Waals surface area (Å²) in [6.45, 7) is 2.44. The van der Waals surface area contributed by atoms with Crippen molar-refractivity contribution in [2.75, 3.05) is 6.61 Å². The molecule has 0 aliphatic rings. The number of carboxylic acid groups (broad SMARTS) is 1. The smallest absolute Gasteiger partial charge is 0.371 e. The Bertz CT molecular complexity index is 317. The fourth-order valence-corrected chi connectivity index (χ4v) is 1.17. The number of carboxylic acids is 1. The largest absolute Gasteiger partial charge is 0.475 e. The maximum Gasteiger partial charge on any atom is 0.371 e. The molecular weight excluding hydrogens is 198 g/mol. The molecule has 5 heteroatoms. The van der Waals surface area contributed by atoms with Crippen LogP contribution in [0.3, 0.4) is 0 Å². The van der Waals surface area contributed by atoms with E-state index in [1.807, 2.05) is 6.92 Å². The first kappa shape index (κ1) is 11.7. The Kier molecular flexibility index (Phi) is 4.33. The van der Waals surface area contributed by atoms with Gasteiger partial charge < -0.3 is 19.9 Å². The minimum absolute atomic E-state index is 0.0170. The molecule has 3 N–H and O–H groups in total. The summed E-state index contributed by atoms with van der Waals surface area (Å²) in [7, 11) is 0. The van der Waals surface area contributed by atoms with Crippen molar-refractivity contribution in [1.82, 2.24) is 5.32 Å². The number of aliphatic hydroxyl groups excluding tert-OH is 1. The Morgan fingerprint density at radius 2 is 2.33 bits per heavy atom. The molecule has 0 fully saturated rings. The fourth-order valence-electron chi connectivity index (χ4n) is 1.17. The molecule has 0 saturated heterocycles. The first-order chi connectivity index (χ1) is 7.17. The van der Waals surface area contributed by atoms with Gasteiger partial charge in [-0.05, 0) is 18.6 Å². The Morgan fingerprint density at radius 3 is 2.80 bits per heavy atom. The average molecular weight is 213 g/mol.